The first-order chi connectivity index (χ1) is 9.78. The topological polar surface area (TPSA) is 26.3 Å². The molecule has 0 saturated heterocycles. The van der Waals surface area contributed by atoms with Crippen molar-refractivity contribution >= 4 is 24.2 Å². The quantitative estimate of drug-likeness (QED) is 0.473. The lowest BCUT2D eigenvalue weighted by atomic mass is 10.1. The SMILES string of the molecule is COC(=O)/C=C/c1ccc(/C=C/c2ccccc2)cc1. The number of hydrogen-bond acceptors (Lipinski definition) is 2. The summed E-state index contributed by atoms with van der Waals surface area (Å²) >= 11 is 0. The Labute approximate surface area is 119 Å². The van der Waals surface area contributed by atoms with Gasteiger partial charge in [-0.3, -0.25) is 0 Å². The van der Waals surface area contributed by atoms with E-state index in [4.69, 9.17) is 0 Å². The number of rotatable bonds is 4. The molecular formula is C18H16O2. The van der Waals surface area contributed by atoms with Gasteiger partial charge in [-0.1, -0.05) is 66.7 Å². The van der Waals surface area contributed by atoms with Gasteiger partial charge < -0.3 is 4.74 Å². The number of carbonyl (C=O) groups excluding carboxylic acids is 1. The molecule has 2 heteroatoms. The third kappa shape index (κ3) is 4.25. The summed E-state index contributed by atoms with van der Waals surface area (Å²) in [6.07, 6.45) is 7.27. The van der Waals surface area contributed by atoms with Crippen molar-refractivity contribution in [2.45, 2.75) is 0 Å². The second-order valence-electron chi connectivity index (χ2n) is 4.27. The molecular weight excluding hydrogens is 248 g/mol. The lowest BCUT2D eigenvalue weighted by Crippen LogP contribution is -1.93. The van der Waals surface area contributed by atoms with E-state index in [1.165, 1.54) is 18.7 Å². The van der Waals surface area contributed by atoms with E-state index in [9.17, 15) is 4.79 Å². The van der Waals surface area contributed by atoms with Crippen LogP contribution in [0.5, 0.6) is 0 Å². The predicted molar refractivity (Wildman–Crippen MR) is 82.9 cm³/mol. The van der Waals surface area contributed by atoms with Gasteiger partial charge in [0.25, 0.3) is 0 Å². The summed E-state index contributed by atoms with van der Waals surface area (Å²) in [7, 11) is 1.37. The Morgan fingerprint density at radius 1 is 0.800 bits per heavy atom. The van der Waals surface area contributed by atoms with Gasteiger partial charge in [0.1, 0.15) is 0 Å². The van der Waals surface area contributed by atoms with E-state index in [2.05, 4.69) is 29.0 Å². The first-order valence-corrected chi connectivity index (χ1v) is 6.37. The van der Waals surface area contributed by atoms with Crippen molar-refractivity contribution in [2.24, 2.45) is 0 Å². The van der Waals surface area contributed by atoms with Crippen LogP contribution in [0, 0.1) is 0 Å². The molecule has 2 rings (SSSR count). The Balaban J connectivity index is 2.03. The third-order valence-electron chi connectivity index (χ3n) is 2.82. The highest BCUT2D eigenvalue weighted by atomic mass is 16.5. The zero-order chi connectivity index (χ0) is 14.2. The van der Waals surface area contributed by atoms with E-state index in [1.54, 1.807) is 6.08 Å². The van der Waals surface area contributed by atoms with E-state index in [0.29, 0.717) is 0 Å². The van der Waals surface area contributed by atoms with Gasteiger partial charge in [0.15, 0.2) is 0 Å². The van der Waals surface area contributed by atoms with E-state index in [0.717, 1.165) is 11.1 Å². The Morgan fingerprint density at radius 3 is 1.85 bits per heavy atom. The van der Waals surface area contributed by atoms with Gasteiger partial charge in [-0.25, -0.2) is 4.79 Å². The van der Waals surface area contributed by atoms with Crippen molar-refractivity contribution in [3.63, 3.8) is 0 Å². The Bertz CT molecular complexity index is 608. The maximum absolute atomic E-state index is 11.0. The lowest BCUT2D eigenvalue weighted by Gasteiger charge is -1.97. The van der Waals surface area contributed by atoms with Gasteiger partial charge in [-0.15, -0.1) is 0 Å². The van der Waals surface area contributed by atoms with Gasteiger partial charge >= 0.3 is 5.97 Å². The molecule has 0 aromatic heterocycles. The molecule has 0 spiro atoms. The predicted octanol–water partition coefficient (Wildman–Crippen LogP) is 4.04. The molecule has 0 aliphatic carbocycles. The molecule has 0 unspecified atom stereocenters. The van der Waals surface area contributed by atoms with Gasteiger partial charge in [0, 0.05) is 6.08 Å². The average Bonchev–Trinajstić information content (AvgIpc) is 2.52. The summed E-state index contributed by atoms with van der Waals surface area (Å²) in [4.78, 5) is 11.0. The maximum atomic E-state index is 11.0. The Morgan fingerprint density at radius 2 is 1.30 bits per heavy atom. The highest BCUT2D eigenvalue weighted by Gasteiger charge is 1.92. The van der Waals surface area contributed by atoms with Crippen LogP contribution in [0.25, 0.3) is 18.2 Å². The zero-order valence-corrected chi connectivity index (χ0v) is 11.3. The van der Waals surface area contributed by atoms with Gasteiger partial charge in [0.05, 0.1) is 7.11 Å². The minimum absolute atomic E-state index is 0.349. The molecule has 0 radical (unpaired) electrons. The van der Waals surface area contributed by atoms with Crippen LogP contribution in [-0.2, 0) is 9.53 Å². The summed E-state index contributed by atoms with van der Waals surface area (Å²) < 4.78 is 4.55. The fraction of sp³-hybridized carbons (Fsp3) is 0.0556. The fourth-order valence-electron chi connectivity index (χ4n) is 1.71. The van der Waals surface area contributed by atoms with Crippen LogP contribution in [0.2, 0.25) is 0 Å². The second-order valence-corrected chi connectivity index (χ2v) is 4.27. The first-order valence-electron chi connectivity index (χ1n) is 6.37. The van der Waals surface area contributed by atoms with Crippen LogP contribution in [-0.4, -0.2) is 13.1 Å². The standard InChI is InChI=1S/C18H16O2/c1-20-18(19)14-13-17-11-9-16(10-12-17)8-7-15-5-3-2-4-6-15/h2-14H,1H3/b8-7+,14-13+. The van der Waals surface area contributed by atoms with Crippen LogP contribution in [0.4, 0.5) is 0 Å². The van der Waals surface area contributed by atoms with Crippen LogP contribution in [0.15, 0.2) is 60.7 Å². The molecule has 0 aliphatic rings. The maximum Gasteiger partial charge on any atom is 0.330 e. The van der Waals surface area contributed by atoms with E-state index in [1.807, 2.05) is 42.5 Å². The molecule has 0 saturated carbocycles. The molecule has 0 aliphatic heterocycles. The van der Waals surface area contributed by atoms with Gasteiger partial charge in [-0.05, 0) is 22.8 Å². The monoisotopic (exact) mass is 264 g/mol. The zero-order valence-electron chi connectivity index (χ0n) is 11.3. The molecule has 0 bridgehead atoms. The molecule has 2 nitrogen and oxygen atoms in total. The average molecular weight is 264 g/mol. The van der Waals surface area contributed by atoms with Crippen molar-refractivity contribution in [3.05, 3.63) is 77.4 Å². The molecule has 0 fully saturated rings. The highest BCUT2D eigenvalue weighted by Crippen LogP contribution is 2.10. The minimum Gasteiger partial charge on any atom is -0.466 e. The van der Waals surface area contributed by atoms with Crippen molar-refractivity contribution in [2.75, 3.05) is 7.11 Å². The van der Waals surface area contributed by atoms with Crippen LogP contribution >= 0.6 is 0 Å². The number of hydrogen-bond donors (Lipinski definition) is 0. The minimum atomic E-state index is -0.349. The van der Waals surface area contributed by atoms with E-state index in [-0.39, 0.29) is 5.97 Å². The molecule has 0 atom stereocenters. The second kappa shape index (κ2) is 7.10. The largest absolute Gasteiger partial charge is 0.466 e. The first kappa shape index (κ1) is 13.8. The Kier molecular flexibility index (Phi) is 4.90. The van der Waals surface area contributed by atoms with Crippen molar-refractivity contribution < 1.29 is 9.53 Å². The molecule has 100 valence electrons. The lowest BCUT2D eigenvalue weighted by molar-refractivity contribution is -0.134. The van der Waals surface area contributed by atoms with Crippen molar-refractivity contribution in [1.29, 1.82) is 0 Å². The van der Waals surface area contributed by atoms with Crippen molar-refractivity contribution in [1.82, 2.24) is 0 Å². The number of esters is 1. The van der Waals surface area contributed by atoms with Gasteiger partial charge in [0.2, 0.25) is 0 Å². The van der Waals surface area contributed by atoms with Crippen LogP contribution in [0.1, 0.15) is 16.7 Å². The fourth-order valence-corrected chi connectivity index (χ4v) is 1.71. The molecule has 2 aromatic carbocycles. The normalized spacial score (nSPS) is 11.1. The van der Waals surface area contributed by atoms with Gasteiger partial charge in [-0.2, -0.15) is 0 Å². The summed E-state index contributed by atoms with van der Waals surface area (Å²) in [6.45, 7) is 0. The summed E-state index contributed by atoms with van der Waals surface area (Å²) in [5, 5.41) is 0. The molecule has 0 amide bonds. The number of benzene rings is 2. The van der Waals surface area contributed by atoms with E-state index >= 15 is 0 Å². The molecule has 2 aromatic rings. The summed E-state index contributed by atoms with van der Waals surface area (Å²) in [5.74, 6) is -0.349. The van der Waals surface area contributed by atoms with E-state index < -0.39 is 0 Å². The third-order valence-corrected chi connectivity index (χ3v) is 2.82. The summed E-state index contributed by atoms with van der Waals surface area (Å²) in [5.41, 5.74) is 3.25. The van der Waals surface area contributed by atoms with Crippen LogP contribution in [0.3, 0.4) is 0 Å². The smallest absolute Gasteiger partial charge is 0.330 e. The van der Waals surface area contributed by atoms with Crippen LogP contribution < -0.4 is 0 Å². The number of methoxy groups -OCH3 is 1. The number of ether oxygens (including phenoxy) is 1. The van der Waals surface area contributed by atoms with Crippen molar-refractivity contribution in [3.8, 4) is 0 Å². The summed E-state index contributed by atoms with van der Waals surface area (Å²) in [6, 6.07) is 18.1. The molecule has 0 heterocycles. The Hall–Kier alpha value is -2.61. The molecule has 20 heavy (non-hydrogen) atoms. The highest BCUT2D eigenvalue weighted by molar-refractivity contribution is 5.87. The molecule has 0 N–H and O–H groups in total. The number of carbonyl (C=O) groups is 1.